The number of aromatic nitrogens is 1. The van der Waals surface area contributed by atoms with E-state index in [2.05, 4.69) is 34.8 Å². The fourth-order valence-electron chi connectivity index (χ4n) is 3.00. The molecule has 0 saturated carbocycles. The van der Waals surface area contributed by atoms with Gasteiger partial charge in [0.15, 0.2) is 0 Å². The Morgan fingerprint density at radius 1 is 1.19 bits per heavy atom. The van der Waals surface area contributed by atoms with Crippen molar-refractivity contribution in [2.45, 2.75) is 46.7 Å². The highest BCUT2D eigenvalue weighted by Crippen LogP contribution is 2.27. The molecule has 4 heteroatoms. The fraction of sp³-hybridized carbons (Fsp3) is 0.318. The van der Waals surface area contributed by atoms with Gasteiger partial charge in [-0.25, -0.2) is 9.37 Å². The summed E-state index contributed by atoms with van der Waals surface area (Å²) in [5, 5.41) is 6.82. The number of rotatable bonds is 7. The van der Waals surface area contributed by atoms with Crippen molar-refractivity contribution < 1.29 is 4.39 Å². The molecule has 2 rings (SSSR count). The molecule has 0 aliphatic heterocycles. The highest BCUT2D eigenvalue weighted by atomic mass is 19.1. The zero-order valence-electron chi connectivity index (χ0n) is 16.3. The summed E-state index contributed by atoms with van der Waals surface area (Å²) in [6.07, 6.45) is 1.80. The summed E-state index contributed by atoms with van der Waals surface area (Å²) in [5.74, 6) is 0.578. The van der Waals surface area contributed by atoms with Crippen LogP contribution in [0.4, 0.5) is 10.2 Å². The number of hydrogen-bond acceptors (Lipinski definition) is 3. The summed E-state index contributed by atoms with van der Waals surface area (Å²) in [6, 6.07) is 7.23. The maximum atomic E-state index is 14.2. The van der Waals surface area contributed by atoms with E-state index in [0.717, 1.165) is 33.9 Å². The first-order valence-corrected chi connectivity index (χ1v) is 8.78. The van der Waals surface area contributed by atoms with E-state index in [1.807, 2.05) is 33.8 Å². The molecule has 2 N–H and O–H groups in total. The van der Waals surface area contributed by atoms with Crippen LogP contribution in [0.15, 0.2) is 43.1 Å². The molecular weight excluding hydrogens is 325 g/mol. The molecule has 2 aromatic rings. The van der Waals surface area contributed by atoms with Crippen LogP contribution in [-0.2, 0) is 0 Å². The smallest absolute Gasteiger partial charge is 0.129 e. The van der Waals surface area contributed by atoms with E-state index in [1.54, 1.807) is 25.1 Å². The van der Waals surface area contributed by atoms with Crippen LogP contribution in [0.1, 0.15) is 47.8 Å². The molecule has 1 heterocycles. The Labute approximate surface area is 156 Å². The molecule has 26 heavy (non-hydrogen) atoms. The molecule has 0 aliphatic carbocycles. The van der Waals surface area contributed by atoms with Crippen molar-refractivity contribution in [1.82, 2.24) is 10.3 Å². The quantitative estimate of drug-likeness (QED) is 0.694. The first kappa shape index (κ1) is 19.7. The van der Waals surface area contributed by atoms with Gasteiger partial charge in [-0.05, 0) is 69.0 Å². The summed E-state index contributed by atoms with van der Waals surface area (Å²) in [4.78, 5) is 4.68. The number of benzene rings is 1. The van der Waals surface area contributed by atoms with Crippen LogP contribution < -0.4 is 10.6 Å². The van der Waals surface area contributed by atoms with Crippen molar-refractivity contribution >= 4 is 11.9 Å². The minimum Gasteiger partial charge on any atom is -0.384 e. The van der Waals surface area contributed by atoms with Crippen molar-refractivity contribution in [3.63, 3.8) is 0 Å². The van der Waals surface area contributed by atoms with Gasteiger partial charge in [0.1, 0.15) is 11.6 Å². The van der Waals surface area contributed by atoms with E-state index < -0.39 is 0 Å². The van der Waals surface area contributed by atoms with Crippen LogP contribution in [0, 0.1) is 26.6 Å². The summed E-state index contributed by atoms with van der Waals surface area (Å²) in [7, 11) is 0. The molecule has 1 aromatic carbocycles. The molecule has 2 atom stereocenters. The van der Waals surface area contributed by atoms with Crippen molar-refractivity contribution in [3.8, 4) is 0 Å². The Morgan fingerprint density at radius 2 is 1.88 bits per heavy atom. The van der Waals surface area contributed by atoms with Crippen LogP contribution in [-0.4, -0.2) is 11.0 Å². The highest BCUT2D eigenvalue weighted by Gasteiger charge is 2.21. The molecule has 0 spiro atoms. The van der Waals surface area contributed by atoms with Crippen LogP contribution in [0.2, 0.25) is 0 Å². The predicted octanol–water partition coefficient (Wildman–Crippen LogP) is 5.45. The standard InChI is InChI=1S/C22H28FN3/c1-8-18-11-15(5)22(25-16(18)6)26-21(17(7)24-13(2)3)19-10-9-14(4)20(23)12-19/h8-12,17,21,24H,1-2H2,3-7H3,(H,25,26)/t17-,21?/m0/s1. The van der Waals surface area contributed by atoms with E-state index in [1.165, 1.54) is 0 Å². The van der Waals surface area contributed by atoms with E-state index in [4.69, 9.17) is 0 Å². The molecule has 0 radical (unpaired) electrons. The summed E-state index contributed by atoms with van der Waals surface area (Å²) in [6.45, 7) is 17.4. The third-order valence-electron chi connectivity index (χ3n) is 4.48. The number of pyridine rings is 1. The SMILES string of the molecule is C=Cc1cc(C)c(NC(c2ccc(C)c(F)c2)[C@H](C)NC(=C)C)nc1C. The van der Waals surface area contributed by atoms with E-state index in [9.17, 15) is 4.39 Å². The van der Waals surface area contributed by atoms with Gasteiger partial charge in [0, 0.05) is 17.4 Å². The van der Waals surface area contributed by atoms with Crippen molar-refractivity contribution in [2.24, 2.45) is 0 Å². The van der Waals surface area contributed by atoms with Crippen molar-refractivity contribution in [2.75, 3.05) is 5.32 Å². The average Bonchev–Trinajstić information content (AvgIpc) is 2.57. The van der Waals surface area contributed by atoms with Gasteiger partial charge in [-0.15, -0.1) is 0 Å². The molecule has 138 valence electrons. The Morgan fingerprint density at radius 3 is 2.46 bits per heavy atom. The molecule has 1 unspecified atom stereocenters. The Balaban J connectivity index is 2.44. The molecule has 0 fully saturated rings. The van der Waals surface area contributed by atoms with Gasteiger partial charge in [-0.2, -0.15) is 0 Å². The normalized spacial score (nSPS) is 13.0. The zero-order valence-corrected chi connectivity index (χ0v) is 16.3. The lowest BCUT2D eigenvalue weighted by Crippen LogP contribution is -2.35. The van der Waals surface area contributed by atoms with Gasteiger partial charge in [-0.3, -0.25) is 0 Å². The number of allylic oxidation sites excluding steroid dienone is 1. The number of anilines is 1. The number of halogens is 1. The topological polar surface area (TPSA) is 37.0 Å². The molecule has 0 amide bonds. The van der Waals surface area contributed by atoms with Gasteiger partial charge in [-0.1, -0.05) is 31.4 Å². The lowest BCUT2D eigenvalue weighted by Gasteiger charge is -2.29. The molecule has 0 bridgehead atoms. The Bertz CT molecular complexity index is 826. The summed E-state index contributed by atoms with van der Waals surface area (Å²) < 4.78 is 14.2. The van der Waals surface area contributed by atoms with Crippen molar-refractivity contribution in [3.05, 3.63) is 76.9 Å². The Kier molecular flexibility index (Phi) is 6.19. The monoisotopic (exact) mass is 353 g/mol. The summed E-state index contributed by atoms with van der Waals surface area (Å²) >= 11 is 0. The minimum absolute atomic E-state index is 0.00445. The maximum Gasteiger partial charge on any atom is 0.129 e. The van der Waals surface area contributed by atoms with Crippen molar-refractivity contribution in [1.29, 1.82) is 0 Å². The van der Waals surface area contributed by atoms with E-state index >= 15 is 0 Å². The third kappa shape index (κ3) is 4.51. The number of aryl methyl sites for hydroxylation is 3. The van der Waals surface area contributed by atoms with Crippen LogP contribution in [0.25, 0.3) is 6.08 Å². The van der Waals surface area contributed by atoms with Gasteiger partial charge in [0.2, 0.25) is 0 Å². The fourth-order valence-corrected chi connectivity index (χ4v) is 3.00. The van der Waals surface area contributed by atoms with Crippen LogP contribution in [0.3, 0.4) is 0 Å². The minimum atomic E-state index is -0.209. The summed E-state index contributed by atoms with van der Waals surface area (Å²) in [5.41, 5.74) is 5.29. The van der Waals surface area contributed by atoms with E-state index in [0.29, 0.717) is 5.56 Å². The molecule has 0 aliphatic rings. The average molecular weight is 353 g/mol. The van der Waals surface area contributed by atoms with Crippen LogP contribution in [0.5, 0.6) is 0 Å². The Hall–Kier alpha value is -2.62. The lowest BCUT2D eigenvalue weighted by atomic mass is 9.98. The molecule has 0 saturated heterocycles. The van der Waals surface area contributed by atoms with Crippen LogP contribution >= 0.6 is 0 Å². The zero-order chi connectivity index (χ0) is 19.4. The largest absolute Gasteiger partial charge is 0.384 e. The second-order valence-corrected chi connectivity index (χ2v) is 6.88. The van der Waals surface area contributed by atoms with E-state index in [-0.39, 0.29) is 17.9 Å². The second-order valence-electron chi connectivity index (χ2n) is 6.88. The first-order valence-electron chi connectivity index (χ1n) is 8.78. The van der Waals surface area contributed by atoms with Gasteiger partial charge in [0.25, 0.3) is 0 Å². The lowest BCUT2D eigenvalue weighted by molar-refractivity contribution is 0.530. The number of nitrogens with zero attached hydrogens (tertiary/aromatic N) is 1. The number of nitrogens with one attached hydrogen (secondary N) is 2. The predicted molar refractivity (Wildman–Crippen MR) is 109 cm³/mol. The number of hydrogen-bond donors (Lipinski definition) is 2. The maximum absolute atomic E-state index is 14.2. The second kappa shape index (κ2) is 8.17. The van der Waals surface area contributed by atoms with Gasteiger partial charge >= 0.3 is 0 Å². The van der Waals surface area contributed by atoms with Gasteiger partial charge in [0.05, 0.1) is 6.04 Å². The van der Waals surface area contributed by atoms with Gasteiger partial charge < -0.3 is 10.6 Å². The third-order valence-corrected chi connectivity index (χ3v) is 4.48. The molecule has 1 aromatic heterocycles. The first-order chi connectivity index (χ1) is 12.2. The molecular formula is C22H28FN3. The highest BCUT2D eigenvalue weighted by molar-refractivity contribution is 5.57. The molecule has 3 nitrogen and oxygen atoms in total.